The van der Waals surface area contributed by atoms with Crippen LogP contribution in [0.15, 0.2) is 50.0 Å². The number of aliphatic carboxylic acids is 1. The average molecular weight is 567 g/mol. The van der Waals surface area contributed by atoms with Crippen molar-refractivity contribution in [1.82, 2.24) is 10.6 Å². The summed E-state index contributed by atoms with van der Waals surface area (Å²) in [6, 6.07) is 9.69. The van der Waals surface area contributed by atoms with E-state index >= 15 is 0 Å². The van der Waals surface area contributed by atoms with E-state index in [0.717, 1.165) is 33.2 Å². The Balaban J connectivity index is 1.49. The number of furan rings is 1. The summed E-state index contributed by atoms with van der Waals surface area (Å²) >= 11 is 5.97. The first-order valence-corrected chi connectivity index (χ1v) is 13.4. The number of carbonyl (C=O) groups excluding carboxylic acids is 2. The molecule has 0 spiro atoms. The molecular formula is C30H31ClN2O7. The highest BCUT2D eigenvalue weighted by Gasteiger charge is 2.22. The van der Waals surface area contributed by atoms with Gasteiger partial charge < -0.3 is 24.6 Å². The number of carbonyl (C=O) groups is 3. The van der Waals surface area contributed by atoms with Gasteiger partial charge in [0, 0.05) is 53.2 Å². The first-order valence-electron chi connectivity index (χ1n) is 13.0. The van der Waals surface area contributed by atoms with E-state index in [4.69, 9.17) is 25.5 Å². The Labute approximate surface area is 235 Å². The summed E-state index contributed by atoms with van der Waals surface area (Å²) in [6.07, 6.45) is 0.500. The number of carboxylic acids is 1. The molecule has 1 atom stereocenters. The van der Waals surface area contributed by atoms with Gasteiger partial charge in [0.1, 0.15) is 23.0 Å². The van der Waals surface area contributed by atoms with Gasteiger partial charge in [0.25, 0.3) is 0 Å². The lowest BCUT2D eigenvalue weighted by molar-refractivity contribution is -0.137. The molecule has 2 amide bonds. The van der Waals surface area contributed by atoms with Crippen molar-refractivity contribution in [3.8, 4) is 0 Å². The van der Waals surface area contributed by atoms with E-state index in [1.807, 2.05) is 26.8 Å². The van der Waals surface area contributed by atoms with Crippen molar-refractivity contribution in [2.75, 3.05) is 6.54 Å². The molecule has 9 nitrogen and oxygen atoms in total. The predicted octanol–water partition coefficient (Wildman–Crippen LogP) is 4.76. The second kappa shape index (κ2) is 12.4. The van der Waals surface area contributed by atoms with E-state index < -0.39 is 29.5 Å². The molecular weight excluding hydrogens is 536 g/mol. The van der Waals surface area contributed by atoms with Gasteiger partial charge in [-0.3, -0.25) is 14.4 Å². The average Bonchev–Trinajstić information content (AvgIpc) is 3.18. The van der Waals surface area contributed by atoms with Gasteiger partial charge >= 0.3 is 11.6 Å². The van der Waals surface area contributed by atoms with Crippen LogP contribution >= 0.6 is 11.6 Å². The first kappa shape index (κ1) is 28.9. The molecule has 0 aliphatic rings. The van der Waals surface area contributed by atoms with E-state index in [0.29, 0.717) is 21.8 Å². The van der Waals surface area contributed by atoms with Crippen molar-refractivity contribution in [2.24, 2.45) is 0 Å². The summed E-state index contributed by atoms with van der Waals surface area (Å²) in [4.78, 5) is 49.4. The summed E-state index contributed by atoms with van der Waals surface area (Å²) in [5, 5.41) is 16.5. The van der Waals surface area contributed by atoms with Gasteiger partial charge in [-0.25, -0.2) is 4.79 Å². The zero-order valence-electron chi connectivity index (χ0n) is 22.6. The van der Waals surface area contributed by atoms with Crippen LogP contribution < -0.4 is 16.3 Å². The van der Waals surface area contributed by atoms with E-state index in [9.17, 15) is 19.2 Å². The first-order chi connectivity index (χ1) is 19.0. The molecule has 0 bridgehead atoms. The van der Waals surface area contributed by atoms with Crippen LogP contribution in [0.4, 0.5) is 0 Å². The van der Waals surface area contributed by atoms with E-state index in [1.165, 1.54) is 0 Å². The van der Waals surface area contributed by atoms with Crippen molar-refractivity contribution >= 4 is 51.3 Å². The summed E-state index contributed by atoms with van der Waals surface area (Å²) < 4.78 is 11.3. The van der Waals surface area contributed by atoms with E-state index in [2.05, 4.69) is 10.6 Å². The third-order valence-corrected chi connectivity index (χ3v) is 7.31. The van der Waals surface area contributed by atoms with Gasteiger partial charge in [-0.1, -0.05) is 23.7 Å². The minimum atomic E-state index is -0.951. The van der Waals surface area contributed by atoms with Gasteiger partial charge in [-0.2, -0.15) is 0 Å². The molecule has 0 aliphatic heterocycles. The Hall–Kier alpha value is -4.11. The third-order valence-electron chi connectivity index (χ3n) is 7.06. The molecule has 2 heterocycles. The predicted molar refractivity (Wildman–Crippen MR) is 152 cm³/mol. The lowest BCUT2D eigenvalue weighted by Gasteiger charge is -2.19. The van der Waals surface area contributed by atoms with Gasteiger partial charge in [-0.15, -0.1) is 0 Å². The molecule has 0 fully saturated rings. The lowest BCUT2D eigenvalue weighted by Crippen LogP contribution is -2.48. The number of hydrogen-bond donors (Lipinski definition) is 3. The number of hydrogen-bond acceptors (Lipinski definition) is 6. The fourth-order valence-electron chi connectivity index (χ4n) is 4.66. The molecule has 4 aromatic rings. The van der Waals surface area contributed by atoms with E-state index in [-0.39, 0.29) is 38.6 Å². The highest BCUT2D eigenvalue weighted by atomic mass is 35.5. The molecule has 10 heteroatoms. The molecule has 40 heavy (non-hydrogen) atoms. The molecule has 0 radical (unpaired) electrons. The number of fused-ring (bicyclic) bond motifs is 2. The van der Waals surface area contributed by atoms with Crippen LogP contribution in [0.25, 0.3) is 21.9 Å². The fourth-order valence-corrected chi connectivity index (χ4v) is 4.78. The molecule has 1 unspecified atom stereocenters. The normalized spacial score (nSPS) is 12.0. The second-order valence-electron chi connectivity index (χ2n) is 9.86. The van der Waals surface area contributed by atoms with Crippen molar-refractivity contribution in [2.45, 2.75) is 58.9 Å². The second-order valence-corrected chi connectivity index (χ2v) is 10.3. The number of halogens is 1. The number of benzene rings is 2. The maximum atomic E-state index is 13.0. The third kappa shape index (κ3) is 6.71. The van der Waals surface area contributed by atoms with Crippen LogP contribution in [0, 0.1) is 20.8 Å². The lowest BCUT2D eigenvalue weighted by atomic mass is 10.00. The molecule has 0 saturated heterocycles. The number of nitrogens with one attached hydrogen (secondary N) is 2. The summed E-state index contributed by atoms with van der Waals surface area (Å²) in [5.74, 6) is -0.991. The van der Waals surface area contributed by atoms with Crippen LogP contribution in [0.5, 0.6) is 0 Å². The van der Waals surface area contributed by atoms with Gasteiger partial charge in [0.2, 0.25) is 11.8 Å². The minimum absolute atomic E-state index is 0.0351. The Kier molecular flexibility index (Phi) is 8.94. The fraction of sp³-hybridized carbons (Fsp3) is 0.333. The Morgan fingerprint density at radius 3 is 2.33 bits per heavy atom. The monoisotopic (exact) mass is 566 g/mol. The number of carboxylic acid groups (broad SMARTS) is 1. The van der Waals surface area contributed by atoms with Gasteiger partial charge in [-0.05, 0) is 68.5 Å². The minimum Gasteiger partial charge on any atom is -0.481 e. The van der Waals surface area contributed by atoms with Crippen molar-refractivity contribution in [3.05, 3.63) is 79.9 Å². The quantitative estimate of drug-likeness (QED) is 0.176. The zero-order valence-corrected chi connectivity index (χ0v) is 23.3. The van der Waals surface area contributed by atoms with Gasteiger partial charge in [0.15, 0.2) is 0 Å². The molecule has 0 saturated carbocycles. The summed E-state index contributed by atoms with van der Waals surface area (Å²) in [7, 11) is 0. The largest absolute Gasteiger partial charge is 0.481 e. The highest BCUT2D eigenvalue weighted by molar-refractivity contribution is 6.30. The summed E-state index contributed by atoms with van der Waals surface area (Å²) in [5.41, 5.74) is 3.46. The van der Waals surface area contributed by atoms with Crippen LogP contribution in [-0.2, 0) is 27.2 Å². The van der Waals surface area contributed by atoms with Gasteiger partial charge in [0.05, 0.1) is 0 Å². The highest BCUT2D eigenvalue weighted by Crippen LogP contribution is 2.31. The van der Waals surface area contributed by atoms with Crippen LogP contribution in [0.1, 0.15) is 47.3 Å². The number of rotatable bonds is 11. The topological polar surface area (TPSA) is 139 Å². The maximum absolute atomic E-state index is 13.0. The number of aryl methyl sites for hydroxylation is 3. The molecule has 210 valence electrons. The number of amides is 2. The molecule has 0 aliphatic carbocycles. The summed E-state index contributed by atoms with van der Waals surface area (Å²) in [6.45, 7) is 5.84. The van der Waals surface area contributed by atoms with E-state index in [1.54, 1.807) is 30.3 Å². The SMILES string of the molecule is Cc1oc2cc3oc(=O)c(CCC(=O)NC(Cc4ccc(Cl)cc4)C(=O)NCCCC(=O)O)c(C)c3cc2c1C. The van der Waals surface area contributed by atoms with Crippen molar-refractivity contribution in [1.29, 1.82) is 0 Å². The van der Waals surface area contributed by atoms with Crippen molar-refractivity contribution in [3.63, 3.8) is 0 Å². The zero-order chi connectivity index (χ0) is 29.0. The molecule has 4 rings (SSSR count). The Morgan fingerprint density at radius 1 is 0.950 bits per heavy atom. The van der Waals surface area contributed by atoms with Crippen LogP contribution in [-0.4, -0.2) is 35.5 Å². The standard InChI is InChI=1S/C30H31ClN2O7/c1-16-18(3)39-25-15-26-23(14-22(16)25)17(2)21(30(38)40-26)10-11-27(34)33-24(13-19-6-8-20(31)9-7-19)29(37)32-12-4-5-28(35)36/h6-9,14-15,24H,4-5,10-13H2,1-3H3,(H,32,37)(H,33,34)(H,35,36). The van der Waals surface area contributed by atoms with Crippen molar-refractivity contribution < 1.29 is 28.3 Å². The Morgan fingerprint density at radius 2 is 1.62 bits per heavy atom. The van der Waals surface area contributed by atoms with Crippen LogP contribution in [0.3, 0.4) is 0 Å². The Bertz CT molecular complexity index is 1640. The molecule has 3 N–H and O–H groups in total. The smallest absolute Gasteiger partial charge is 0.339 e. The van der Waals surface area contributed by atoms with Crippen LogP contribution in [0.2, 0.25) is 5.02 Å². The maximum Gasteiger partial charge on any atom is 0.339 e. The molecule has 2 aromatic heterocycles. The molecule has 2 aromatic carbocycles.